The van der Waals surface area contributed by atoms with Gasteiger partial charge in [0.05, 0.1) is 31.2 Å². The summed E-state index contributed by atoms with van der Waals surface area (Å²) in [6.45, 7) is 10.1. The van der Waals surface area contributed by atoms with Crippen molar-refractivity contribution >= 4 is 58.3 Å². The van der Waals surface area contributed by atoms with Crippen LogP contribution in [0.4, 0.5) is 0 Å². The first kappa shape index (κ1) is 21.4. The SMILES string of the molecule is CC(C)(C)OC(=O)c1c(Cl)c(Cl)c(C(=O)OC(C)(C)C)c(Cl)c1Cl. The van der Waals surface area contributed by atoms with Gasteiger partial charge < -0.3 is 9.47 Å². The highest BCUT2D eigenvalue weighted by Gasteiger charge is 2.32. The number of carbonyl (C=O) groups is 2. The second-order valence-electron chi connectivity index (χ2n) is 7.01. The van der Waals surface area contributed by atoms with Crippen LogP contribution in [0, 0.1) is 0 Å². The fourth-order valence-corrected chi connectivity index (χ4v) is 2.81. The van der Waals surface area contributed by atoms with Gasteiger partial charge in [-0.25, -0.2) is 9.59 Å². The van der Waals surface area contributed by atoms with Gasteiger partial charge in [0.2, 0.25) is 0 Å². The summed E-state index contributed by atoms with van der Waals surface area (Å²) in [6.07, 6.45) is 0. The highest BCUT2D eigenvalue weighted by molar-refractivity contribution is 6.52. The van der Waals surface area contributed by atoms with E-state index in [4.69, 9.17) is 55.9 Å². The molecule has 8 heteroatoms. The van der Waals surface area contributed by atoms with Crippen LogP contribution in [0.3, 0.4) is 0 Å². The predicted octanol–water partition coefficient (Wildman–Crippen LogP) is 6.21. The molecule has 4 nitrogen and oxygen atoms in total. The zero-order valence-corrected chi connectivity index (χ0v) is 17.2. The Kier molecular flexibility index (Phi) is 6.48. The van der Waals surface area contributed by atoms with Gasteiger partial charge >= 0.3 is 11.9 Å². The Hall–Kier alpha value is -0.680. The topological polar surface area (TPSA) is 52.6 Å². The molecule has 0 fully saturated rings. The second kappa shape index (κ2) is 7.28. The molecule has 134 valence electrons. The van der Waals surface area contributed by atoms with Crippen LogP contribution in [0.5, 0.6) is 0 Å². The fourth-order valence-electron chi connectivity index (χ4n) is 1.65. The third-order valence-corrected chi connectivity index (χ3v) is 4.17. The Balaban J connectivity index is 3.46. The molecule has 0 aliphatic heterocycles. The average molecular weight is 416 g/mol. The molecular weight excluding hydrogens is 398 g/mol. The lowest BCUT2D eigenvalue weighted by molar-refractivity contribution is 0.00523. The van der Waals surface area contributed by atoms with Crippen molar-refractivity contribution in [3.8, 4) is 0 Å². The van der Waals surface area contributed by atoms with Crippen LogP contribution in [-0.4, -0.2) is 23.1 Å². The van der Waals surface area contributed by atoms with Gasteiger partial charge in [0.1, 0.15) is 11.2 Å². The van der Waals surface area contributed by atoms with Crippen LogP contribution in [0.2, 0.25) is 20.1 Å². The molecule has 0 N–H and O–H groups in total. The number of esters is 2. The van der Waals surface area contributed by atoms with Crippen molar-refractivity contribution in [1.82, 2.24) is 0 Å². The van der Waals surface area contributed by atoms with Crippen LogP contribution in [-0.2, 0) is 9.47 Å². The summed E-state index contributed by atoms with van der Waals surface area (Å²) < 4.78 is 10.5. The maximum absolute atomic E-state index is 12.3. The number of benzene rings is 1. The van der Waals surface area contributed by atoms with Gasteiger partial charge in [0, 0.05) is 0 Å². The van der Waals surface area contributed by atoms with E-state index in [0.717, 1.165) is 0 Å². The molecule has 0 saturated heterocycles. The summed E-state index contributed by atoms with van der Waals surface area (Å²) in [5.41, 5.74) is -1.94. The Labute approximate surface area is 161 Å². The highest BCUT2D eigenvalue weighted by Crippen LogP contribution is 2.42. The van der Waals surface area contributed by atoms with Crippen molar-refractivity contribution in [2.45, 2.75) is 52.7 Å². The zero-order valence-electron chi connectivity index (χ0n) is 14.1. The molecule has 0 aromatic heterocycles. The molecule has 0 bridgehead atoms. The summed E-state index contributed by atoms with van der Waals surface area (Å²) in [5.74, 6) is -1.59. The van der Waals surface area contributed by atoms with Crippen LogP contribution in [0.15, 0.2) is 0 Å². The van der Waals surface area contributed by atoms with Gasteiger partial charge in [0.25, 0.3) is 0 Å². The van der Waals surface area contributed by atoms with Crippen molar-refractivity contribution in [1.29, 1.82) is 0 Å². The van der Waals surface area contributed by atoms with Crippen LogP contribution in [0.25, 0.3) is 0 Å². The minimum absolute atomic E-state index is 0.199. The van der Waals surface area contributed by atoms with E-state index in [2.05, 4.69) is 0 Å². The molecule has 0 heterocycles. The van der Waals surface area contributed by atoms with E-state index < -0.39 is 23.1 Å². The van der Waals surface area contributed by atoms with Crippen molar-refractivity contribution in [3.05, 3.63) is 31.2 Å². The Bertz CT molecular complexity index is 597. The monoisotopic (exact) mass is 414 g/mol. The Morgan fingerprint density at radius 1 is 0.625 bits per heavy atom. The molecule has 0 saturated carbocycles. The number of halogens is 4. The zero-order chi connectivity index (χ0) is 19.0. The normalized spacial score (nSPS) is 12.1. The summed E-state index contributed by atoms with van der Waals surface area (Å²) >= 11 is 24.5. The van der Waals surface area contributed by atoms with E-state index in [1.54, 1.807) is 41.5 Å². The molecule has 0 aliphatic carbocycles. The van der Waals surface area contributed by atoms with Crippen molar-refractivity contribution in [3.63, 3.8) is 0 Å². The van der Waals surface area contributed by atoms with E-state index in [1.165, 1.54) is 0 Å². The largest absolute Gasteiger partial charge is 0.456 e. The molecule has 1 rings (SSSR count). The number of hydrogen-bond donors (Lipinski definition) is 0. The Morgan fingerprint density at radius 2 is 0.833 bits per heavy atom. The van der Waals surface area contributed by atoms with Gasteiger partial charge in [0.15, 0.2) is 0 Å². The first-order valence-electron chi connectivity index (χ1n) is 6.98. The third-order valence-electron chi connectivity index (χ3n) is 2.47. The minimum Gasteiger partial charge on any atom is -0.456 e. The molecular formula is C16H18Cl4O4. The number of hydrogen-bond acceptors (Lipinski definition) is 4. The summed E-state index contributed by atoms with van der Waals surface area (Å²) in [5, 5.41) is -0.885. The lowest BCUT2D eigenvalue weighted by Crippen LogP contribution is -2.26. The molecule has 0 radical (unpaired) electrons. The molecule has 0 spiro atoms. The molecule has 1 aromatic rings. The van der Waals surface area contributed by atoms with Gasteiger partial charge in [-0.3, -0.25) is 0 Å². The maximum atomic E-state index is 12.3. The van der Waals surface area contributed by atoms with Gasteiger partial charge in [-0.05, 0) is 41.5 Å². The first-order chi connectivity index (χ1) is 10.7. The molecule has 24 heavy (non-hydrogen) atoms. The standard InChI is InChI=1S/C16H18Cl4O4/c1-15(2,3)23-13(21)7-9(17)11(19)8(12(20)10(7)18)14(22)24-16(4,5)6/h1-6H3. The van der Waals surface area contributed by atoms with Gasteiger partial charge in [-0.2, -0.15) is 0 Å². The summed E-state index contributed by atoms with van der Waals surface area (Å²) in [7, 11) is 0. The smallest absolute Gasteiger partial charge is 0.341 e. The van der Waals surface area contributed by atoms with E-state index in [0.29, 0.717) is 0 Å². The summed E-state index contributed by atoms with van der Waals surface area (Å²) in [4.78, 5) is 24.6. The highest BCUT2D eigenvalue weighted by atomic mass is 35.5. The van der Waals surface area contributed by atoms with E-state index >= 15 is 0 Å². The minimum atomic E-state index is -0.794. The van der Waals surface area contributed by atoms with Gasteiger partial charge in [-0.1, -0.05) is 46.4 Å². The Morgan fingerprint density at radius 3 is 1.00 bits per heavy atom. The lowest BCUT2D eigenvalue weighted by Gasteiger charge is -2.23. The number of rotatable bonds is 2. The molecule has 0 unspecified atom stereocenters. The third kappa shape index (κ3) is 5.16. The lowest BCUT2D eigenvalue weighted by atomic mass is 10.1. The first-order valence-corrected chi connectivity index (χ1v) is 8.49. The molecule has 0 atom stereocenters. The number of carbonyl (C=O) groups excluding carboxylic acids is 2. The van der Waals surface area contributed by atoms with E-state index in [9.17, 15) is 9.59 Å². The van der Waals surface area contributed by atoms with E-state index in [1.807, 2.05) is 0 Å². The van der Waals surface area contributed by atoms with E-state index in [-0.39, 0.29) is 31.2 Å². The maximum Gasteiger partial charge on any atom is 0.341 e. The predicted molar refractivity (Wildman–Crippen MR) is 96.8 cm³/mol. The molecule has 0 aliphatic rings. The fraction of sp³-hybridized carbons (Fsp3) is 0.500. The van der Waals surface area contributed by atoms with Crippen LogP contribution in [0.1, 0.15) is 62.3 Å². The summed E-state index contributed by atoms with van der Waals surface area (Å²) in [6, 6.07) is 0. The van der Waals surface area contributed by atoms with Crippen LogP contribution >= 0.6 is 46.4 Å². The quantitative estimate of drug-likeness (QED) is 0.425. The molecule has 1 aromatic carbocycles. The van der Waals surface area contributed by atoms with Gasteiger partial charge in [-0.15, -0.1) is 0 Å². The number of ether oxygens (including phenoxy) is 2. The van der Waals surface area contributed by atoms with Crippen LogP contribution < -0.4 is 0 Å². The second-order valence-corrected chi connectivity index (χ2v) is 8.52. The van der Waals surface area contributed by atoms with Crippen molar-refractivity contribution < 1.29 is 19.1 Å². The van der Waals surface area contributed by atoms with Crippen molar-refractivity contribution in [2.75, 3.05) is 0 Å². The molecule has 0 amide bonds. The average Bonchev–Trinajstić information content (AvgIpc) is 2.32. The van der Waals surface area contributed by atoms with Crippen molar-refractivity contribution in [2.24, 2.45) is 0 Å².